The first-order valence-corrected chi connectivity index (χ1v) is 15.7. The second-order valence-corrected chi connectivity index (χ2v) is 13.4. The molecule has 1 aromatic heterocycles. The molecule has 0 bridgehead atoms. The lowest BCUT2D eigenvalue weighted by Crippen LogP contribution is -2.56. The van der Waals surface area contributed by atoms with E-state index >= 15 is 0 Å². The van der Waals surface area contributed by atoms with Crippen LogP contribution in [0.5, 0.6) is 5.75 Å². The summed E-state index contributed by atoms with van der Waals surface area (Å²) in [7, 11) is -2.22. The van der Waals surface area contributed by atoms with Crippen LogP contribution in [0.25, 0.3) is 10.4 Å². The van der Waals surface area contributed by atoms with Crippen LogP contribution in [0, 0.1) is 5.92 Å². The number of nitrogens with zero attached hydrogens (tertiary/aromatic N) is 2. The second kappa shape index (κ2) is 11.3. The van der Waals surface area contributed by atoms with Crippen LogP contribution in [-0.2, 0) is 29.2 Å². The molecule has 2 saturated carbocycles. The van der Waals surface area contributed by atoms with E-state index in [-0.39, 0.29) is 25.3 Å². The van der Waals surface area contributed by atoms with Gasteiger partial charge in [-0.3, -0.25) is 19.1 Å². The summed E-state index contributed by atoms with van der Waals surface area (Å²) in [6, 6.07) is 8.69. The topological polar surface area (TPSA) is 143 Å². The first-order chi connectivity index (χ1) is 19.6. The SMILES string of the molecule is C=C[C@@H]1C[C@@]1(NC(=O)C1CC(O/N=C/c2cc(OC)ccc2-c2cccs2)CN1C(C)=O)C(=O)NS(=O)(=O)C1CC1. The number of likely N-dealkylation sites (tertiary alicyclic amines) is 1. The fraction of sp³-hybridized carbons (Fsp3) is 0.429. The summed E-state index contributed by atoms with van der Waals surface area (Å²) in [5.74, 6) is -1.45. The zero-order valence-electron chi connectivity index (χ0n) is 22.7. The molecule has 2 N–H and O–H groups in total. The molecule has 5 rings (SSSR count). The van der Waals surface area contributed by atoms with Crippen molar-refractivity contribution in [1.29, 1.82) is 0 Å². The van der Waals surface area contributed by atoms with Crippen molar-refractivity contribution in [2.75, 3.05) is 13.7 Å². The van der Waals surface area contributed by atoms with Gasteiger partial charge >= 0.3 is 0 Å². The summed E-state index contributed by atoms with van der Waals surface area (Å²) < 4.78 is 32.2. The highest BCUT2D eigenvalue weighted by Gasteiger charge is 2.61. The first kappa shape index (κ1) is 28.8. The summed E-state index contributed by atoms with van der Waals surface area (Å²) in [5, 5.41) is 8.30. The predicted molar refractivity (Wildman–Crippen MR) is 154 cm³/mol. The zero-order chi connectivity index (χ0) is 29.4. The highest BCUT2D eigenvalue weighted by molar-refractivity contribution is 7.91. The van der Waals surface area contributed by atoms with E-state index in [9.17, 15) is 22.8 Å². The molecule has 2 aromatic rings. The lowest BCUT2D eigenvalue weighted by molar-refractivity contribution is -0.138. The molecule has 4 atom stereocenters. The predicted octanol–water partition coefficient (Wildman–Crippen LogP) is 2.43. The average molecular weight is 601 g/mol. The maximum absolute atomic E-state index is 13.4. The molecule has 41 heavy (non-hydrogen) atoms. The van der Waals surface area contributed by atoms with E-state index < -0.39 is 50.7 Å². The van der Waals surface area contributed by atoms with Crippen LogP contribution in [0.1, 0.15) is 38.2 Å². The highest BCUT2D eigenvalue weighted by atomic mass is 32.2. The third-order valence-electron chi connectivity index (χ3n) is 7.67. The van der Waals surface area contributed by atoms with Crippen LogP contribution < -0.4 is 14.8 Å². The first-order valence-electron chi connectivity index (χ1n) is 13.3. The van der Waals surface area contributed by atoms with Crippen LogP contribution in [0.3, 0.4) is 0 Å². The quantitative estimate of drug-likeness (QED) is 0.229. The molecule has 0 radical (unpaired) electrons. The van der Waals surface area contributed by atoms with Crippen molar-refractivity contribution in [1.82, 2.24) is 14.9 Å². The summed E-state index contributed by atoms with van der Waals surface area (Å²) in [6.45, 7) is 5.18. The van der Waals surface area contributed by atoms with Crippen molar-refractivity contribution >= 4 is 45.3 Å². The van der Waals surface area contributed by atoms with Crippen molar-refractivity contribution in [3.63, 3.8) is 0 Å². The molecule has 1 saturated heterocycles. The number of carbonyl (C=O) groups excluding carboxylic acids is 3. The zero-order valence-corrected chi connectivity index (χ0v) is 24.4. The van der Waals surface area contributed by atoms with E-state index in [1.165, 1.54) is 17.9 Å². The number of hydrogen-bond donors (Lipinski definition) is 2. The molecule has 11 nitrogen and oxygen atoms in total. The van der Waals surface area contributed by atoms with Gasteiger partial charge in [0.2, 0.25) is 21.8 Å². The van der Waals surface area contributed by atoms with Gasteiger partial charge in [0.15, 0.2) is 0 Å². The Morgan fingerprint density at radius 1 is 1.24 bits per heavy atom. The fourth-order valence-electron chi connectivity index (χ4n) is 5.09. The number of hydrogen-bond acceptors (Lipinski definition) is 9. The molecular formula is C28H32N4O7S2. The largest absolute Gasteiger partial charge is 0.497 e. The number of ether oxygens (including phenoxy) is 1. The number of methoxy groups -OCH3 is 1. The summed E-state index contributed by atoms with van der Waals surface area (Å²) in [4.78, 5) is 47.0. The van der Waals surface area contributed by atoms with Crippen LogP contribution in [-0.4, -0.2) is 73.8 Å². The molecule has 0 spiro atoms. The molecule has 2 heterocycles. The van der Waals surface area contributed by atoms with Crippen LogP contribution in [0.4, 0.5) is 0 Å². The Kier molecular flexibility index (Phi) is 7.93. The minimum absolute atomic E-state index is 0.126. The molecule has 2 unspecified atom stereocenters. The number of amides is 3. The van der Waals surface area contributed by atoms with Gasteiger partial charge in [-0.15, -0.1) is 17.9 Å². The van der Waals surface area contributed by atoms with E-state index in [1.807, 2.05) is 35.7 Å². The minimum atomic E-state index is -3.80. The molecule has 2 aliphatic carbocycles. The summed E-state index contributed by atoms with van der Waals surface area (Å²) >= 11 is 1.59. The normalized spacial score (nSPS) is 25.5. The van der Waals surface area contributed by atoms with E-state index in [1.54, 1.807) is 24.7 Å². The number of benzene rings is 1. The Labute approximate surface area is 242 Å². The molecule has 1 aromatic carbocycles. The van der Waals surface area contributed by atoms with Crippen LogP contribution in [0.15, 0.2) is 53.5 Å². The molecule has 13 heteroatoms. The summed E-state index contributed by atoms with van der Waals surface area (Å²) in [5.41, 5.74) is 0.307. The van der Waals surface area contributed by atoms with Gasteiger partial charge in [-0.2, -0.15) is 0 Å². The molecular weight excluding hydrogens is 568 g/mol. The molecule has 218 valence electrons. The van der Waals surface area contributed by atoms with E-state index in [2.05, 4.69) is 21.8 Å². The lowest BCUT2D eigenvalue weighted by atomic mass is 10.1. The molecule has 3 amide bonds. The van der Waals surface area contributed by atoms with Gasteiger partial charge in [0.25, 0.3) is 5.91 Å². The van der Waals surface area contributed by atoms with Crippen molar-refractivity contribution in [3.05, 3.63) is 53.9 Å². The van der Waals surface area contributed by atoms with Gasteiger partial charge in [0.05, 0.1) is 25.1 Å². The van der Waals surface area contributed by atoms with Gasteiger partial charge in [0.1, 0.15) is 23.4 Å². The van der Waals surface area contributed by atoms with Gasteiger partial charge in [-0.1, -0.05) is 17.3 Å². The lowest BCUT2D eigenvalue weighted by Gasteiger charge is -2.25. The Hall–Kier alpha value is -3.71. The van der Waals surface area contributed by atoms with E-state index in [0.29, 0.717) is 18.6 Å². The second-order valence-electron chi connectivity index (χ2n) is 10.5. The third kappa shape index (κ3) is 6.01. The Morgan fingerprint density at radius 3 is 2.63 bits per heavy atom. The van der Waals surface area contributed by atoms with E-state index in [4.69, 9.17) is 9.57 Å². The Morgan fingerprint density at radius 2 is 2.02 bits per heavy atom. The molecule has 3 fully saturated rings. The number of nitrogens with one attached hydrogen (secondary N) is 2. The minimum Gasteiger partial charge on any atom is -0.497 e. The number of sulfonamides is 1. The third-order valence-corrected chi connectivity index (χ3v) is 10.4. The van der Waals surface area contributed by atoms with Gasteiger partial charge in [-0.25, -0.2) is 8.42 Å². The van der Waals surface area contributed by atoms with Crippen molar-refractivity contribution in [2.24, 2.45) is 11.1 Å². The van der Waals surface area contributed by atoms with Crippen LogP contribution in [0.2, 0.25) is 0 Å². The maximum Gasteiger partial charge on any atom is 0.259 e. The van der Waals surface area contributed by atoms with E-state index in [0.717, 1.165) is 16.0 Å². The Bertz CT molecular complexity index is 1490. The smallest absolute Gasteiger partial charge is 0.259 e. The van der Waals surface area contributed by atoms with Gasteiger partial charge < -0.3 is 19.8 Å². The summed E-state index contributed by atoms with van der Waals surface area (Å²) in [6.07, 6.45) is 3.88. The Balaban J connectivity index is 1.27. The van der Waals surface area contributed by atoms with Gasteiger partial charge in [-0.05, 0) is 48.9 Å². The number of rotatable bonds is 11. The van der Waals surface area contributed by atoms with Gasteiger partial charge in [0, 0.05) is 35.3 Å². The van der Waals surface area contributed by atoms with Crippen LogP contribution >= 0.6 is 11.3 Å². The van der Waals surface area contributed by atoms with Crippen molar-refractivity contribution < 1.29 is 32.4 Å². The standard InChI is InChI=1S/C28H32N4O7S2/c1-4-19-14-28(19,27(35)31-41(36,37)22-8-9-22)30-26(34)24-13-21(16-32(24)17(2)33)39-29-15-18-12-20(38-3)7-10-23(18)25-6-5-11-40-25/h4-7,10-12,15,19,21-22,24H,1,8-9,13-14,16H2,2-3H3,(H,30,34)(H,31,35)/b29-15+/t19-,21?,24?,28+/m1/s1. The number of thiophene rings is 1. The molecule has 3 aliphatic rings. The maximum atomic E-state index is 13.4. The molecule has 1 aliphatic heterocycles. The highest BCUT2D eigenvalue weighted by Crippen LogP contribution is 2.45. The van der Waals surface area contributed by atoms with Crippen molar-refractivity contribution in [3.8, 4) is 16.2 Å². The number of carbonyl (C=O) groups is 3. The number of oxime groups is 1. The van der Waals surface area contributed by atoms with Crippen molar-refractivity contribution in [2.45, 2.75) is 55.5 Å². The fourth-order valence-corrected chi connectivity index (χ4v) is 7.23. The monoisotopic (exact) mass is 600 g/mol. The average Bonchev–Trinajstić information content (AvgIpc) is 3.81.